The lowest BCUT2D eigenvalue weighted by Crippen LogP contribution is -2.23. The maximum absolute atomic E-state index is 11.4. The zero-order chi connectivity index (χ0) is 20.0. The molecule has 0 unspecified atom stereocenters. The highest BCUT2D eigenvalue weighted by Gasteiger charge is 2.28. The number of benzene rings is 1. The number of nitrogens with one attached hydrogen (secondary N) is 1. The molecular weight excluding hydrogens is 368 g/mol. The topological polar surface area (TPSA) is 124 Å². The fraction of sp³-hybridized carbons (Fsp3) is 0.300. The van der Waals surface area contributed by atoms with E-state index in [4.69, 9.17) is 5.73 Å². The van der Waals surface area contributed by atoms with Crippen LogP contribution in [0.2, 0.25) is 0 Å². The highest BCUT2D eigenvalue weighted by molar-refractivity contribution is 5.82. The SMILES string of the molecule is Cc1ccc2cc(-n3nnc4cnc(N[C@@H]5CC[C@@H](C(N)=O)C5)nc43)cnc2c1. The van der Waals surface area contributed by atoms with Crippen molar-refractivity contribution in [3.63, 3.8) is 0 Å². The molecule has 3 heterocycles. The first-order chi connectivity index (χ1) is 14.1. The van der Waals surface area contributed by atoms with Crippen molar-refractivity contribution in [1.82, 2.24) is 29.9 Å². The van der Waals surface area contributed by atoms with Crippen molar-refractivity contribution >= 4 is 33.9 Å². The van der Waals surface area contributed by atoms with Crippen molar-refractivity contribution in [3.8, 4) is 5.69 Å². The van der Waals surface area contributed by atoms with Gasteiger partial charge >= 0.3 is 0 Å². The van der Waals surface area contributed by atoms with E-state index in [9.17, 15) is 4.79 Å². The summed E-state index contributed by atoms with van der Waals surface area (Å²) in [5.41, 5.74) is 9.49. The van der Waals surface area contributed by atoms with Gasteiger partial charge in [0.2, 0.25) is 11.9 Å². The van der Waals surface area contributed by atoms with Gasteiger partial charge in [-0.1, -0.05) is 17.3 Å². The number of rotatable bonds is 4. The minimum absolute atomic E-state index is 0.0873. The Morgan fingerprint density at radius 3 is 2.90 bits per heavy atom. The van der Waals surface area contributed by atoms with Gasteiger partial charge in [-0.25, -0.2) is 4.98 Å². The first-order valence-corrected chi connectivity index (χ1v) is 9.58. The third-order valence-electron chi connectivity index (χ3n) is 5.43. The van der Waals surface area contributed by atoms with Crippen LogP contribution in [0.4, 0.5) is 5.95 Å². The second-order valence-electron chi connectivity index (χ2n) is 7.55. The average molecular weight is 388 g/mol. The fourth-order valence-corrected chi connectivity index (χ4v) is 3.86. The summed E-state index contributed by atoms with van der Waals surface area (Å²) in [4.78, 5) is 24.9. The van der Waals surface area contributed by atoms with Crippen LogP contribution in [-0.2, 0) is 4.79 Å². The summed E-state index contributed by atoms with van der Waals surface area (Å²) in [7, 11) is 0. The Morgan fingerprint density at radius 1 is 1.17 bits per heavy atom. The van der Waals surface area contributed by atoms with Crippen molar-refractivity contribution in [3.05, 3.63) is 42.2 Å². The Bertz CT molecular complexity index is 1230. The highest BCUT2D eigenvalue weighted by Crippen LogP contribution is 2.27. The number of carbonyl (C=O) groups excluding carboxylic acids is 1. The summed E-state index contributed by atoms with van der Waals surface area (Å²) in [6.07, 6.45) is 5.76. The molecule has 0 bridgehead atoms. The molecule has 29 heavy (non-hydrogen) atoms. The lowest BCUT2D eigenvalue weighted by Gasteiger charge is -2.12. The average Bonchev–Trinajstić information content (AvgIpc) is 3.34. The molecule has 0 saturated heterocycles. The lowest BCUT2D eigenvalue weighted by molar-refractivity contribution is -0.121. The van der Waals surface area contributed by atoms with Gasteiger partial charge in [0, 0.05) is 17.3 Å². The van der Waals surface area contributed by atoms with E-state index < -0.39 is 0 Å². The number of fused-ring (bicyclic) bond motifs is 2. The monoisotopic (exact) mass is 388 g/mol. The van der Waals surface area contributed by atoms with E-state index in [0.717, 1.165) is 35.0 Å². The van der Waals surface area contributed by atoms with Crippen molar-refractivity contribution in [2.24, 2.45) is 11.7 Å². The Morgan fingerprint density at radius 2 is 2.07 bits per heavy atom. The zero-order valence-electron chi connectivity index (χ0n) is 15.9. The minimum atomic E-state index is -0.244. The predicted molar refractivity (Wildman–Crippen MR) is 108 cm³/mol. The number of amides is 1. The van der Waals surface area contributed by atoms with E-state index in [-0.39, 0.29) is 17.9 Å². The van der Waals surface area contributed by atoms with Crippen LogP contribution in [0.3, 0.4) is 0 Å². The molecule has 9 heteroatoms. The van der Waals surface area contributed by atoms with Gasteiger partial charge in [-0.05, 0) is 43.9 Å². The number of nitrogens with zero attached hydrogens (tertiary/aromatic N) is 6. The van der Waals surface area contributed by atoms with Crippen LogP contribution >= 0.6 is 0 Å². The highest BCUT2D eigenvalue weighted by atomic mass is 16.1. The molecule has 0 spiro atoms. The molecule has 4 aromatic rings. The number of primary amides is 1. The number of hydrogen-bond donors (Lipinski definition) is 2. The Kier molecular flexibility index (Phi) is 4.08. The Labute approximate surface area is 166 Å². The maximum atomic E-state index is 11.4. The number of pyridine rings is 1. The normalized spacial score (nSPS) is 19.1. The van der Waals surface area contributed by atoms with Crippen LogP contribution in [-0.4, -0.2) is 41.9 Å². The Balaban J connectivity index is 1.47. The summed E-state index contributed by atoms with van der Waals surface area (Å²) < 4.78 is 1.66. The zero-order valence-corrected chi connectivity index (χ0v) is 15.9. The second-order valence-corrected chi connectivity index (χ2v) is 7.55. The van der Waals surface area contributed by atoms with E-state index in [0.29, 0.717) is 23.5 Å². The molecule has 1 aliphatic rings. The molecule has 1 amide bonds. The van der Waals surface area contributed by atoms with Crippen molar-refractivity contribution in [2.45, 2.75) is 32.2 Å². The van der Waals surface area contributed by atoms with E-state index >= 15 is 0 Å². The molecule has 0 aliphatic heterocycles. The van der Waals surface area contributed by atoms with Gasteiger partial charge in [0.1, 0.15) is 0 Å². The van der Waals surface area contributed by atoms with Gasteiger partial charge in [0.05, 0.1) is 23.6 Å². The summed E-state index contributed by atoms with van der Waals surface area (Å²) in [6, 6.07) is 8.28. The van der Waals surface area contributed by atoms with E-state index in [1.165, 1.54) is 0 Å². The van der Waals surface area contributed by atoms with Crippen LogP contribution in [0.1, 0.15) is 24.8 Å². The van der Waals surface area contributed by atoms with Gasteiger partial charge in [-0.2, -0.15) is 9.67 Å². The van der Waals surface area contributed by atoms with E-state index in [2.05, 4.69) is 36.6 Å². The summed E-state index contributed by atoms with van der Waals surface area (Å²) in [6.45, 7) is 2.04. The van der Waals surface area contributed by atoms with E-state index in [1.807, 2.05) is 25.1 Å². The lowest BCUT2D eigenvalue weighted by atomic mass is 10.1. The van der Waals surface area contributed by atoms with Crippen LogP contribution in [0.25, 0.3) is 27.8 Å². The predicted octanol–water partition coefficient (Wildman–Crippen LogP) is 2.13. The van der Waals surface area contributed by atoms with Gasteiger partial charge in [0.25, 0.3) is 0 Å². The number of nitrogens with two attached hydrogens (primary N) is 1. The van der Waals surface area contributed by atoms with Crippen molar-refractivity contribution in [2.75, 3.05) is 5.32 Å². The standard InChI is InChI=1S/C20H20N8O/c1-11-2-3-12-8-15(9-22-16(12)6-11)28-19-17(26-27-28)10-23-20(25-19)24-14-5-4-13(7-14)18(21)29/h2-3,6,8-10,13-14H,4-5,7H2,1H3,(H2,21,29)(H,23,24,25)/t13-,14-/m1/s1. The van der Waals surface area contributed by atoms with Gasteiger partial charge in [-0.3, -0.25) is 9.78 Å². The van der Waals surface area contributed by atoms with Gasteiger partial charge in [0.15, 0.2) is 11.2 Å². The molecule has 1 saturated carbocycles. The first-order valence-electron chi connectivity index (χ1n) is 9.58. The Hall–Kier alpha value is -3.62. The molecule has 1 aliphatic carbocycles. The largest absolute Gasteiger partial charge is 0.369 e. The summed E-state index contributed by atoms with van der Waals surface area (Å²) in [5.74, 6) is 0.156. The maximum Gasteiger partial charge on any atom is 0.225 e. The third kappa shape index (κ3) is 3.24. The van der Waals surface area contributed by atoms with Gasteiger partial charge in [-0.15, -0.1) is 5.10 Å². The number of carbonyl (C=O) groups is 1. The van der Waals surface area contributed by atoms with Crippen LogP contribution in [0, 0.1) is 12.8 Å². The molecule has 146 valence electrons. The van der Waals surface area contributed by atoms with Crippen LogP contribution in [0.15, 0.2) is 36.7 Å². The first kappa shape index (κ1) is 17.5. The number of aromatic nitrogens is 6. The molecule has 2 atom stereocenters. The van der Waals surface area contributed by atoms with E-state index in [1.54, 1.807) is 17.1 Å². The summed E-state index contributed by atoms with van der Waals surface area (Å²) in [5, 5.41) is 12.7. The molecule has 0 radical (unpaired) electrons. The molecule has 1 fully saturated rings. The van der Waals surface area contributed by atoms with Crippen LogP contribution in [0.5, 0.6) is 0 Å². The fourth-order valence-electron chi connectivity index (χ4n) is 3.86. The number of aryl methyl sites for hydroxylation is 1. The number of anilines is 1. The molecular formula is C20H20N8O. The van der Waals surface area contributed by atoms with Crippen LogP contribution < -0.4 is 11.1 Å². The molecule has 3 aromatic heterocycles. The molecule has 9 nitrogen and oxygen atoms in total. The van der Waals surface area contributed by atoms with Gasteiger partial charge < -0.3 is 11.1 Å². The van der Waals surface area contributed by atoms with Crippen molar-refractivity contribution in [1.29, 1.82) is 0 Å². The van der Waals surface area contributed by atoms with Crippen molar-refractivity contribution < 1.29 is 4.79 Å². The molecule has 3 N–H and O–H groups in total. The molecule has 1 aromatic carbocycles. The summed E-state index contributed by atoms with van der Waals surface area (Å²) >= 11 is 0. The molecule has 5 rings (SSSR count). The second kappa shape index (κ2) is 6.77. The number of hydrogen-bond acceptors (Lipinski definition) is 7. The smallest absolute Gasteiger partial charge is 0.225 e. The quantitative estimate of drug-likeness (QED) is 0.549. The third-order valence-corrected chi connectivity index (χ3v) is 5.43. The minimum Gasteiger partial charge on any atom is -0.369 e.